The van der Waals surface area contributed by atoms with Crippen molar-refractivity contribution in [2.45, 2.75) is 13.2 Å². The molecule has 0 saturated carbocycles. The average molecular weight is 195 g/mol. The Balaban J connectivity index is 2.47. The number of amides is 1. The second-order valence-electron chi connectivity index (χ2n) is 2.82. The molecule has 0 aliphatic carbocycles. The fourth-order valence-electron chi connectivity index (χ4n) is 1.01. The monoisotopic (exact) mass is 195 g/mol. The quantitative estimate of drug-likeness (QED) is 0.757. The Bertz CT molecular complexity index is 295. The van der Waals surface area contributed by atoms with E-state index in [1.807, 2.05) is 24.3 Å². The van der Waals surface area contributed by atoms with Gasteiger partial charge in [-0.15, -0.1) is 0 Å². The maximum atomic E-state index is 10.7. The van der Waals surface area contributed by atoms with Gasteiger partial charge in [-0.05, 0) is 11.1 Å². The standard InChI is InChI=1S/C10H13NO3/c1-14-10(13)11-6-8-2-4-9(7-12)5-3-8/h2-5,12H,6-7H2,1H3,(H,11,13). The van der Waals surface area contributed by atoms with Crippen LogP contribution in [-0.2, 0) is 17.9 Å². The molecule has 14 heavy (non-hydrogen) atoms. The summed E-state index contributed by atoms with van der Waals surface area (Å²) >= 11 is 0. The predicted octanol–water partition coefficient (Wildman–Crippen LogP) is 1.03. The number of nitrogens with one attached hydrogen (secondary N) is 1. The third-order valence-electron chi connectivity index (χ3n) is 1.83. The molecule has 4 nitrogen and oxygen atoms in total. The fourth-order valence-corrected chi connectivity index (χ4v) is 1.01. The lowest BCUT2D eigenvalue weighted by molar-refractivity contribution is 0.170. The number of rotatable bonds is 3. The second kappa shape index (κ2) is 5.24. The lowest BCUT2D eigenvalue weighted by atomic mass is 10.1. The van der Waals surface area contributed by atoms with Crippen LogP contribution in [0.25, 0.3) is 0 Å². The molecule has 0 radical (unpaired) electrons. The lowest BCUT2D eigenvalue weighted by Gasteiger charge is -2.04. The first-order chi connectivity index (χ1) is 6.76. The van der Waals surface area contributed by atoms with Crippen LogP contribution in [0.4, 0.5) is 4.79 Å². The molecule has 2 N–H and O–H groups in total. The van der Waals surface area contributed by atoms with Crippen molar-refractivity contribution in [3.8, 4) is 0 Å². The highest BCUT2D eigenvalue weighted by atomic mass is 16.5. The van der Waals surface area contributed by atoms with Gasteiger partial charge in [-0.25, -0.2) is 4.79 Å². The largest absolute Gasteiger partial charge is 0.453 e. The van der Waals surface area contributed by atoms with E-state index in [1.165, 1.54) is 7.11 Å². The van der Waals surface area contributed by atoms with Gasteiger partial charge in [-0.2, -0.15) is 0 Å². The third kappa shape index (κ3) is 3.06. The number of methoxy groups -OCH3 is 1. The number of carbonyl (C=O) groups is 1. The summed E-state index contributed by atoms with van der Waals surface area (Å²) in [6, 6.07) is 7.32. The predicted molar refractivity (Wildman–Crippen MR) is 51.6 cm³/mol. The maximum absolute atomic E-state index is 10.7. The normalized spacial score (nSPS) is 9.57. The van der Waals surface area contributed by atoms with E-state index in [4.69, 9.17) is 5.11 Å². The van der Waals surface area contributed by atoms with Crippen LogP contribution in [-0.4, -0.2) is 18.3 Å². The van der Waals surface area contributed by atoms with Crippen LogP contribution in [0.15, 0.2) is 24.3 Å². The van der Waals surface area contributed by atoms with Crippen LogP contribution in [0.1, 0.15) is 11.1 Å². The van der Waals surface area contributed by atoms with Crippen LogP contribution in [0.2, 0.25) is 0 Å². The summed E-state index contributed by atoms with van der Waals surface area (Å²) in [7, 11) is 1.32. The molecule has 0 unspecified atom stereocenters. The minimum absolute atomic E-state index is 0.0325. The van der Waals surface area contributed by atoms with Crippen molar-refractivity contribution >= 4 is 6.09 Å². The van der Waals surface area contributed by atoms with E-state index in [9.17, 15) is 4.79 Å². The van der Waals surface area contributed by atoms with Crippen LogP contribution < -0.4 is 5.32 Å². The Kier molecular flexibility index (Phi) is 3.94. The molecule has 76 valence electrons. The summed E-state index contributed by atoms with van der Waals surface area (Å²) in [4.78, 5) is 10.7. The summed E-state index contributed by atoms with van der Waals surface area (Å²) in [6.07, 6.45) is -0.448. The summed E-state index contributed by atoms with van der Waals surface area (Å²) < 4.78 is 4.43. The van der Waals surface area contributed by atoms with Gasteiger partial charge in [0, 0.05) is 6.54 Å². The molecule has 0 aromatic heterocycles. The van der Waals surface area contributed by atoms with Gasteiger partial charge in [0.2, 0.25) is 0 Å². The SMILES string of the molecule is COC(=O)NCc1ccc(CO)cc1. The van der Waals surface area contributed by atoms with Crippen molar-refractivity contribution in [1.82, 2.24) is 5.32 Å². The van der Waals surface area contributed by atoms with Crippen molar-refractivity contribution < 1.29 is 14.6 Å². The molecule has 0 aliphatic heterocycles. The number of alkyl carbamates (subject to hydrolysis) is 1. The van der Waals surface area contributed by atoms with Crippen molar-refractivity contribution in [3.05, 3.63) is 35.4 Å². The number of hydrogen-bond donors (Lipinski definition) is 2. The maximum Gasteiger partial charge on any atom is 0.407 e. The van der Waals surface area contributed by atoms with E-state index in [0.29, 0.717) is 6.54 Å². The van der Waals surface area contributed by atoms with Crippen molar-refractivity contribution in [1.29, 1.82) is 0 Å². The molecule has 0 bridgehead atoms. The van der Waals surface area contributed by atoms with Gasteiger partial charge >= 0.3 is 6.09 Å². The molecule has 1 aromatic rings. The first kappa shape index (κ1) is 10.5. The molecule has 0 atom stereocenters. The minimum Gasteiger partial charge on any atom is -0.453 e. The smallest absolute Gasteiger partial charge is 0.407 e. The Hall–Kier alpha value is -1.55. The number of carbonyl (C=O) groups excluding carboxylic acids is 1. The van der Waals surface area contributed by atoms with E-state index >= 15 is 0 Å². The van der Waals surface area contributed by atoms with Crippen LogP contribution in [0.5, 0.6) is 0 Å². The van der Waals surface area contributed by atoms with Crippen LogP contribution in [0.3, 0.4) is 0 Å². The Labute approximate surface area is 82.5 Å². The lowest BCUT2D eigenvalue weighted by Crippen LogP contribution is -2.22. The number of ether oxygens (including phenoxy) is 1. The van der Waals surface area contributed by atoms with Gasteiger partial charge in [0.05, 0.1) is 13.7 Å². The summed E-state index contributed by atoms with van der Waals surface area (Å²) in [5.74, 6) is 0. The van der Waals surface area contributed by atoms with E-state index in [0.717, 1.165) is 11.1 Å². The zero-order chi connectivity index (χ0) is 10.4. The van der Waals surface area contributed by atoms with Crippen molar-refractivity contribution in [2.24, 2.45) is 0 Å². The van der Waals surface area contributed by atoms with Crippen LogP contribution >= 0.6 is 0 Å². The Morgan fingerprint density at radius 2 is 1.93 bits per heavy atom. The van der Waals surface area contributed by atoms with E-state index in [2.05, 4.69) is 10.1 Å². The summed E-state index contributed by atoms with van der Waals surface area (Å²) in [5, 5.41) is 11.4. The van der Waals surface area contributed by atoms with Gasteiger partial charge in [0.1, 0.15) is 0 Å². The van der Waals surface area contributed by atoms with Gasteiger partial charge in [-0.1, -0.05) is 24.3 Å². The fraction of sp³-hybridized carbons (Fsp3) is 0.300. The zero-order valence-corrected chi connectivity index (χ0v) is 7.99. The number of benzene rings is 1. The number of hydrogen-bond acceptors (Lipinski definition) is 3. The topological polar surface area (TPSA) is 58.6 Å². The Morgan fingerprint density at radius 3 is 2.43 bits per heavy atom. The average Bonchev–Trinajstić information content (AvgIpc) is 2.26. The minimum atomic E-state index is -0.448. The van der Waals surface area contributed by atoms with E-state index in [1.54, 1.807) is 0 Å². The molecule has 1 rings (SSSR count). The molecule has 0 saturated heterocycles. The Morgan fingerprint density at radius 1 is 1.36 bits per heavy atom. The molecular weight excluding hydrogens is 182 g/mol. The highest BCUT2D eigenvalue weighted by molar-refractivity contribution is 5.66. The van der Waals surface area contributed by atoms with Crippen molar-refractivity contribution in [3.63, 3.8) is 0 Å². The van der Waals surface area contributed by atoms with Gasteiger partial charge in [-0.3, -0.25) is 0 Å². The molecular formula is C10H13NO3. The summed E-state index contributed by atoms with van der Waals surface area (Å²) in [5.41, 5.74) is 1.82. The highest BCUT2D eigenvalue weighted by Gasteiger charge is 1.98. The van der Waals surface area contributed by atoms with Crippen molar-refractivity contribution in [2.75, 3.05) is 7.11 Å². The van der Waals surface area contributed by atoms with Gasteiger partial charge < -0.3 is 15.2 Å². The molecule has 0 fully saturated rings. The first-order valence-electron chi connectivity index (χ1n) is 4.26. The molecule has 0 aliphatic rings. The number of aliphatic hydroxyl groups is 1. The first-order valence-corrected chi connectivity index (χ1v) is 4.26. The molecule has 0 heterocycles. The highest BCUT2D eigenvalue weighted by Crippen LogP contribution is 2.03. The third-order valence-corrected chi connectivity index (χ3v) is 1.83. The molecule has 4 heteroatoms. The van der Waals surface area contributed by atoms with Gasteiger partial charge in [0.25, 0.3) is 0 Å². The van der Waals surface area contributed by atoms with Crippen LogP contribution in [0, 0.1) is 0 Å². The second-order valence-corrected chi connectivity index (χ2v) is 2.82. The summed E-state index contributed by atoms with van der Waals surface area (Å²) in [6.45, 7) is 0.461. The van der Waals surface area contributed by atoms with E-state index < -0.39 is 6.09 Å². The van der Waals surface area contributed by atoms with Gasteiger partial charge in [0.15, 0.2) is 0 Å². The molecule has 1 aromatic carbocycles. The molecule has 1 amide bonds. The number of aliphatic hydroxyl groups excluding tert-OH is 1. The molecule has 0 spiro atoms. The zero-order valence-electron chi connectivity index (χ0n) is 7.99. The van der Waals surface area contributed by atoms with E-state index in [-0.39, 0.29) is 6.61 Å².